The molecule has 0 radical (unpaired) electrons. The highest BCUT2D eigenvalue weighted by molar-refractivity contribution is 7.87. The van der Waals surface area contributed by atoms with E-state index in [9.17, 15) is 21.6 Å². The summed E-state index contributed by atoms with van der Waals surface area (Å²) in [4.78, 5) is 0. The van der Waals surface area contributed by atoms with Crippen molar-refractivity contribution in [2.75, 3.05) is 6.61 Å². The molecule has 0 aliphatic carbocycles. The van der Waals surface area contributed by atoms with Gasteiger partial charge in [-0.3, -0.25) is 4.18 Å². The maximum absolute atomic E-state index is 11.5. The van der Waals surface area contributed by atoms with Crippen molar-refractivity contribution < 1.29 is 25.8 Å². The number of rotatable bonds is 3. The highest BCUT2D eigenvalue weighted by Crippen LogP contribution is 2.24. The quantitative estimate of drug-likeness (QED) is 0.540. The Hall–Kier alpha value is -0.270. The van der Waals surface area contributed by atoms with Gasteiger partial charge in [0.25, 0.3) is 0 Å². The van der Waals surface area contributed by atoms with Crippen LogP contribution in [0.2, 0.25) is 0 Å². The highest BCUT2D eigenvalue weighted by atomic mass is 35.5. The van der Waals surface area contributed by atoms with Crippen LogP contribution in [0.4, 0.5) is 13.2 Å². The lowest BCUT2D eigenvalue weighted by atomic mass is 10.7. The van der Waals surface area contributed by atoms with E-state index in [0.29, 0.717) is 0 Å². The van der Waals surface area contributed by atoms with Gasteiger partial charge in [-0.05, 0) is 0 Å². The fourth-order valence-electron chi connectivity index (χ4n) is 0.208. The van der Waals surface area contributed by atoms with Crippen molar-refractivity contribution in [1.82, 2.24) is 0 Å². The van der Waals surface area contributed by atoms with Crippen molar-refractivity contribution in [3.05, 3.63) is 11.6 Å². The topological polar surface area (TPSA) is 43.4 Å². The molecular formula is C4H4ClF3O3S. The minimum atomic E-state index is -5.54. The molecule has 0 aromatic rings. The number of hydrogen-bond donors (Lipinski definition) is 0. The van der Waals surface area contributed by atoms with Gasteiger partial charge >= 0.3 is 15.6 Å². The summed E-state index contributed by atoms with van der Waals surface area (Å²) < 4.78 is 58.2. The Bertz CT molecular complexity index is 268. The van der Waals surface area contributed by atoms with Crippen LogP contribution in [-0.2, 0) is 14.3 Å². The molecule has 0 fully saturated rings. The fraction of sp³-hybridized carbons (Fsp3) is 0.500. The molecular weight excluding hydrogens is 221 g/mol. The normalized spacial score (nSPS) is 13.0. The molecule has 0 atom stereocenters. The molecule has 0 aromatic carbocycles. The zero-order chi connectivity index (χ0) is 9.99. The van der Waals surface area contributed by atoms with Crippen molar-refractivity contribution in [2.24, 2.45) is 0 Å². The predicted molar refractivity (Wildman–Crippen MR) is 35.9 cm³/mol. The Labute approximate surface area is 71.9 Å². The van der Waals surface area contributed by atoms with Gasteiger partial charge < -0.3 is 0 Å². The SMILES string of the molecule is C=C(Cl)COS(=O)(=O)C(F)(F)F. The second-order valence-electron chi connectivity index (χ2n) is 1.68. The first-order valence-corrected chi connectivity index (χ1v) is 4.24. The maximum atomic E-state index is 11.5. The second-order valence-corrected chi connectivity index (χ2v) is 3.82. The predicted octanol–water partition coefficient (Wildman–Crippen LogP) is 1.61. The van der Waals surface area contributed by atoms with Gasteiger partial charge in [-0.2, -0.15) is 21.6 Å². The summed E-state index contributed by atoms with van der Waals surface area (Å²) in [7, 11) is -5.54. The van der Waals surface area contributed by atoms with Gasteiger partial charge in [-0.1, -0.05) is 18.2 Å². The molecule has 0 rings (SSSR count). The van der Waals surface area contributed by atoms with Crippen LogP contribution in [0.25, 0.3) is 0 Å². The zero-order valence-electron chi connectivity index (χ0n) is 5.56. The van der Waals surface area contributed by atoms with Crippen LogP contribution < -0.4 is 0 Å². The summed E-state index contributed by atoms with van der Waals surface area (Å²) in [6.07, 6.45) is 0. The van der Waals surface area contributed by atoms with E-state index in [2.05, 4.69) is 10.8 Å². The van der Waals surface area contributed by atoms with Crippen LogP contribution >= 0.6 is 11.6 Å². The minimum absolute atomic E-state index is 0.331. The number of halogens is 4. The van der Waals surface area contributed by atoms with Gasteiger partial charge in [0, 0.05) is 5.03 Å². The molecule has 0 N–H and O–H groups in total. The van der Waals surface area contributed by atoms with Gasteiger partial charge in [0.1, 0.15) is 6.61 Å². The Kier molecular flexibility index (Phi) is 3.55. The van der Waals surface area contributed by atoms with Crippen LogP contribution in [0, 0.1) is 0 Å². The molecule has 0 unspecified atom stereocenters. The van der Waals surface area contributed by atoms with Crippen molar-refractivity contribution in [2.45, 2.75) is 5.51 Å². The molecule has 8 heteroatoms. The van der Waals surface area contributed by atoms with E-state index in [1.807, 2.05) is 0 Å². The Balaban J connectivity index is 4.37. The van der Waals surface area contributed by atoms with Crippen LogP contribution in [0.15, 0.2) is 11.6 Å². The van der Waals surface area contributed by atoms with E-state index in [1.54, 1.807) is 0 Å². The third kappa shape index (κ3) is 3.42. The lowest BCUT2D eigenvalue weighted by molar-refractivity contribution is -0.0535. The summed E-state index contributed by atoms with van der Waals surface area (Å²) in [5.41, 5.74) is -5.42. The molecule has 12 heavy (non-hydrogen) atoms. The Morgan fingerprint density at radius 2 is 1.92 bits per heavy atom. The van der Waals surface area contributed by atoms with Gasteiger partial charge in [0.2, 0.25) is 0 Å². The molecule has 0 saturated carbocycles. The van der Waals surface area contributed by atoms with Crippen LogP contribution in [-0.4, -0.2) is 20.5 Å². The lowest BCUT2D eigenvalue weighted by Crippen LogP contribution is -2.25. The van der Waals surface area contributed by atoms with Crippen molar-refractivity contribution >= 4 is 21.7 Å². The smallest absolute Gasteiger partial charge is 0.257 e. The first-order valence-electron chi connectivity index (χ1n) is 2.46. The summed E-state index contributed by atoms with van der Waals surface area (Å²) in [6, 6.07) is 0. The van der Waals surface area contributed by atoms with Crippen molar-refractivity contribution in [3.63, 3.8) is 0 Å². The van der Waals surface area contributed by atoms with E-state index in [4.69, 9.17) is 11.6 Å². The van der Waals surface area contributed by atoms with Gasteiger partial charge in [0.15, 0.2) is 0 Å². The monoisotopic (exact) mass is 224 g/mol. The van der Waals surface area contributed by atoms with E-state index in [0.717, 1.165) is 0 Å². The summed E-state index contributed by atoms with van der Waals surface area (Å²) in [6.45, 7) is 2.06. The van der Waals surface area contributed by atoms with Crippen LogP contribution in [0.1, 0.15) is 0 Å². The van der Waals surface area contributed by atoms with E-state index < -0.39 is 22.2 Å². The Morgan fingerprint density at radius 3 is 2.17 bits per heavy atom. The van der Waals surface area contributed by atoms with Gasteiger partial charge in [0.05, 0.1) is 0 Å². The fourth-order valence-corrected chi connectivity index (χ4v) is 0.759. The Morgan fingerprint density at radius 1 is 1.50 bits per heavy atom. The van der Waals surface area contributed by atoms with Crippen LogP contribution in [0.5, 0.6) is 0 Å². The average Bonchev–Trinajstić information content (AvgIpc) is 1.81. The average molecular weight is 225 g/mol. The lowest BCUT2D eigenvalue weighted by Gasteiger charge is -2.06. The van der Waals surface area contributed by atoms with E-state index in [-0.39, 0.29) is 5.03 Å². The standard InChI is InChI=1S/C4H4ClF3O3S/c1-3(5)2-11-12(9,10)4(6,7)8/h1-2H2. The molecule has 0 saturated heterocycles. The molecule has 0 heterocycles. The number of hydrogen-bond acceptors (Lipinski definition) is 3. The molecule has 0 amide bonds. The third-order valence-electron chi connectivity index (χ3n) is 0.654. The van der Waals surface area contributed by atoms with Crippen molar-refractivity contribution in [1.29, 1.82) is 0 Å². The van der Waals surface area contributed by atoms with E-state index >= 15 is 0 Å². The minimum Gasteiger partial charge on any atom is -0.257 e. The summed E-state index contributed by atoms with van der Waals surface area (Å²) in [5, 5.41) is -0.331. The summed E-state index contributed by atoms with van der Waals surface area (Å²) in [5.74, 6) is 0. The first-order chi connectivity index (χ1) is 5.17. The van der Waals surface area contributed by atoms with Crippen LogP contribution in [0.3, 0.4) is 0 Å². The molecule has 0 aliphatic rings. The van der Waals surface area contributed by atoms with E-state index in [1.165, 1.54) is 0 Å². The molecule has 0 aliphatic heterocycles. The summed E-state index contributed by atoms with van der Waals surface area (Å²) >= 11 is 4.98. The first kappa shape index (κ1) is 11.7. The molecule has 3 nitrogen and oxygen atoms in total. The van der Waals surface area contributed by atoms with Gasteiger partial charge in [-0.25, -0.2) is 0 Å². The second kappa shape index (κ2) is 3.63. The molecule has 0 bridgehead atoms. The molecule has 72 valence electrons. The third-order valence-corrected chi connectivity index (χ3v) is 1.76. The molecule has 0 aromatic heterocycles. The number of alkyl halides is 3. The van der Waals surface area contributed by atoms with Crippen molar-refractivity contribution in [3.8, 4) is 0 Å². The maximum Gasteiger partial charge on any atom is 0.523 e. The highest BCUT2D eigenvalue weighted by Gasteiger charge is 2.47. The van der Waals surface area contributed by atoms with Gasteiger partial charge in [-0.15, -0.1) is 0 Å². The largest absolute Gasteiger partial charge is 0.523 e. The zero-order valence-corrected chi connectivity index (χ0v) is 7.13. The molecule has 0 spiro atoms.